The first-order valence-corrected chi connectivity index (χ1v) is 6.29. The Morgan fingerprint density at radius 3 is 2.62 bits per heavy atom. The van der Waals surface area contributed by atoms with Gasteiger partial charge in [0.1, 0.15) is 17.2 Å². The van der Waals surface area contributed by atoms with Crippen LogP contribution in [0.4, 0.5) is 11.4 Å². The number of hydrogen-bond acceptors (Lipinski definition) is 6. The predicted octanol–water partition coefficient (Wildman–Crippen LogP) is 3.07. The number of nitrogens with zero attached hydrogens (tertiary/aromatic N) is 1. The maximum Gasteiger partial charge on any atom is 0.275 e. The number of nitrogens with one attached hydrogen (secondary N) is 1. The Balaban J connectivity index is 2.28. The second-order valence-electron chi connectivity index (χ2n) is 4.13. The number of benzene rings is 2. The Labute approximate surface area is 121 Å². The number of hydrogen-bond donors (Lipinski definition) is 2. The zero-order valence-corrected chi connectivity index (χ0v) is 11.4. The lowest BCUT2D eigenvalue weighted by molar-refractivity contribution is -0.384. The number of anilines is 1. The highest BCUT2D eigenvalue weighted by Gasteiger charge is 2.11. The highest BCUT2D eigenvalue weighted by Crippen LogP contribution is 2.30. The Morgan fingerprint density at radius 2 is 1.95 bits per heavy atom. The van der Waals surface area contributed by atoms with Crippen LogP contribution in [0.5, 0.6) is 17.2 Å². The molecule has 0 heterocycles. The van der Waals surface area contributed by atoms with E-state index in [0.717, 1.165) is 0 Å². The Bertz CT molecular complexity index is 646. The fourth-order valence-corrected chi connectivity index (χ4v) is 1.76. The predicted molar refractivity (Wildman–Crippen MR) is 78.6 cm³/mol. The van der Waals surface area contributed by atoms with E-state index in [4.69, 9.17) is 15.3 Å². The van der Waals surface area contributed by atoms with Gasteiger partial charge in [-0.05, 0) is 19.1 Å². The zero-order chi connectivity index (χ0) is 15.2. The van der Waals surface area contributed by atoms with Crippen LogP contribution in [0.2, 0.25) is 0 Å². The summed E-state index contributed by atoms with van der Waals surface area (Å²) in [6.07, 6.45) is 0. The van der Waals surface area contributed by atoms with Crippen molar-refractivity contribution in [3.8, 4) is 17.2 Å². The molecule has 0 unspecified atom stereocenters. The van der Waals surface area contributed by atoms with Crippen LogP contribution in [-0.2, 0) is 0 Å². The Morgan fingerprint density at radius 1 is 1.19 bits per heavy atom. The molecule has 0 bridgehead atoms. The minimum atomic E-state index is -0.510. The van der Waals surface area contributed by atoms with Crippen LogP contribution in [0.25, 0.3) is 0 Å². The van der Waals surface area contributed by atoms with Crippen molar-refractivity contribution in [2.45, 2.75) is 6.92 Å². The Hall–Kier alpha value is -2.80. The molecule has 0 aliphatic carbocycles. The van der Waals surface area contributed by atoms with Crippen molar-refractivity contribution < 1.29 is 14.4 Å². The molecule has 0 aliphatic rings. The van der Waals surface area contributed by atoms with Gasteiger partial charge in [-0.2, -0.15) is 0 Å². The van der Waals surface area contributed by atoms with Crippen molar-refractivity contribution in [1.29, 1.82) is 0 Å². The van der Waals surface area contributed by atoms with Crippen molar-refractivity contribution in [2.75, 3.05) is 12.0 Å². The smallest absolute Gasteiger partial charge is 0.275 e. The first-order chi connectivity index (χ1) is 10.1. The molecule has 3 N–H and O–H groups in total. The van der Waals surface area contributed by atoms with Gasteiger partial charge in [0.2, 0.25) is 0 Å². The van der Waals surface area contributed by atoms with E-state index in [1.165, 1.54) is 12.1 Å². The minimum Gasteiger partial charge on any atom is -0.494 e. The number of hydrazine groups is 1. The molecular weight excluding hydrogens is 274 g/mol. The molecule has 0 fully saturated rings. The third-order valence-electron chi connectivity index (χ3n) is 2.62. The van der Waals surface area contributed by atoms with Crippen molar-refractivity contribution in [1.82, 2.24) is 0 Å². The number of ether oxygens (including phenoxy) is 2. The van der Waals surface area contributed by atoms with Crippen molar-refractivity contribution in [3.05, 3.63) is 52.6 Å². The van der Waals surface area contributed by atoms with E-state index in [1.807, 2.05) is 6.92 Å². The summed E-state index contributed by atoms with van der Waals surface area (Å²) in [6.45, 7) is 2.43. The quantitative estimate of drug-likeness (QED) is 0.481. The second kappa shape index (κ2) is 6.58. The first-order valence-electron chi connectivity index (χ1n) is 6.29. The van der Waals surface area contributed by atoms with Crippen molar-refractivity contribution >= 4 is 11.4 Å². The van der Waals surface area contributed by atoms with Gasteiger partial charge in [0.25, 0.3) is 5.69 Å². The summed E-state index contributed by atoms with van der Waals surface area (Å²) < 4.78 is 11.0. The lowest BCUT2D eigenvalue weighted by atomic mass is 10.2. The van der Waals surface area contributed by atoms with E-state index >= 15 is 0 Å². The fourth-order valence-electron chi connectivity index (χ4n) is 1.76. The fraction of sp³-hybridized carbons (Fsp3) is 0.143. The van der Waals surface area contributed by atoms with Crippen LogP contribution in [-0.4, -0.2) is 11.5 Å². The van der Waals surface area contributed by atoms with Gasteiger partial charge in [0, 0.05) is 18.2 Å². The summed E-state index contributed by atoms with van der Waals surface area (Å²) in [5, 5.41) is 10.9. The summed E-state index contributed by atoms with van der Waals surface area (Å²) in [5.41, 5.74) is 2.65. The van der Waals surface area contributed by atoms with E-state index in [9.17, 15) is 10.1 Å². The third kappa shape index (κ3) is 3.83. The van der Waals surface area contributed by atoms with Gasteiger partial charge in [0.15, 0.2) is 0 Å². The minimum absolute atomic E-state index is 0.110. The van der Waals surface area contributed by atoms with Crippen LogP contribution in [0.15, 0.2) is 42.5 Å². The molecule has 0 atom stereocenters. The number of rotatable bonds is 6. The molecular formula is C14H15N3O4. The van der Waals surface area contributed by atoms with Gasteiger partial charge < -0.3 is 14.9 Å². The lowest BCUT2D eigenvalue weighted by Crippen LogP contribution is -2.07. The van der Waals surface area contributed by atoms with Gasteiger partial charge in [0.05, 0.1) is 23.3 Å². The monoisotopic (exact) mass is 289 g/mol. The van der Waals surface area contributed by atoms with Crippen LogP contribution in [0, 0.1) is 10.1 Å². The van der Waals surface area contributed by atoms with E-state index in [1.54, 1.807) is 30.3 Å². The molecule has 2 rings (SSSR count). The molecule has 2 aromatic rings. The summed E-state index contributed by atoms with van der Waals surface area (Å²) in [7, 11) is 0. The molecule has 0 saturated carbocycles. The second-order valence-corrected chi connectivity index (χ2v) is 4.13. The van der Waals surface area contributed by atoms with Crippen molar-refractivity contribution in [3.63, 3.8) is 0 Å². The van der Waals surface area contributed by atoms with E-state index in [-0.39, 0.29) is 5.69 Å². The molecule has 0 amide bonds. The van der Waals surface area contributed by atoms with Gasteiger partial charge in [-0.1, -0.05) is 6.07 Å². The van der Waals surface area contributed by atoms with Gasteiger partial charge in [-0.25, -0.2) is 0 Å². The van der Waals surface area contributed by atoms with Gasteiger partial charge in [-0.15, -0.1) is 0 Å². The number of nitro groups is 1. The third-order valence-corrected chi connectivity index (χ3v) is 2.62. The van der Waals surface area contributed by atoms with E-state index in [0.29, 0.717) is 29.5 Å². The van der Waals surface area contributed by atoms with Crippen molar-refractivity contribution in [2.24, 2.45) is 5.84 Å². The standard InChI is InChI=1S/C14H15N3O4/c1-2-20-12-4-3-5-13(9-12)21-14-7-10(16-15)6-11(8-14)17(18)19/h3-9,16H,2,15H2,1H3. The molecule has 0 aliphatic heterocycles. The van der Waals surface area contributed by atoms with E-state index < -0.39 is 4.92 Å². The number of non-ortho nitro benzene ring substituents is 1. The largest absolute Gasteiger partial charge is 0.494 e. The molecule has 7 nitrogen and oxygen atoms in total. The molecule has 0 radical (unpaired) electrons. The van der Waals surface area contributed by atoms with Crippen LogP contribution < -0.4 is 20.7 Å². The molecule has 2 aromatic carbocycles. The summed E-state index contributed by atoms with van der Waals surface area (Å²) >= 11 is 0. The number of nitrogens with two attached hydrogens (primary N) is 1. The van der Waals surface area contributed by atoms with Crippen LogP contribution in [0.1, 0.15) is 6.92 Å². The lowest BCUT2D eigenvalue weighted by Gasteiger charge is -2.09. The molecule has 21 heavy (non-hydrogen) atoms. The average molecular weight is 289 g/mol. The van der Waals surface area contributed by atoms with Crippen LogP contribution in [0.3, 0.4) is 0 Å². The highest BCUT2D eigenvalue weighted by atomic mass is 16.6. The average Bonchev–Trinajstić information content (AvgIpc) is 2.47. The van der Waals surface area contributed by atoms with Gasteiger partial charge >= 0.3 is 0 Å². The summed E-state index contributed by atoms with van der Waals surface area (Å²) in [6, 6.07) is 11.2. The normalized spacial score (nSPS) is 10.0. The van der Waals surface area contributed by atoms with Crippen LogP contribution >= 0.6 is 0 Å². The molecule has 0 spiro atoms. The van der Waals surface area contributed by atoms with E-state index in [2.05, 4.69) is 5.43 Å². The SMILES string of the molecule is CCOc1cccc(Oc2cc(NN)cc([N+](=O)[O-])c2)c1. The molecule has 7 heteroatoms. The topological polar surface area (TPSA) is 99.7 Å². The molecule has 110 valence electrons. The maximum absolute atomic E-state index is 10.9. The summed E-state index contributed by atoms with van der Waals surface area (Å²) in [4.78, 5) is 10.4. The number of nitro benzene ring substituents is 1. The summed E-state index contributed by atoms with van der Waals surface area (Å²) in [5.74, 6) is 6.79. The zero-order valence-electron chi connectivity index (χ0n) is 11.4. The van der Waals surface area contributed by atoms with Gasteiger partial charge in [-0.3, -0.25) is 16.0 Å². The maximum atomic E-state index is 10.9. The highest BCUT2D eigenvalue weighted by molar-refractivity contribution is 5.56. The molecule has 0 aromatic heterocycles. The number of nitrogen functional groups attached to an aromatic ring is 1. The first kappa shape index (κ1) is 14.6. The molecule has 0 saturated heterocycles. The Kier molecular flexibility index (Phi) is 4.57.